The number of fused-ring (bicyclic) bond motifs is 3. The predicted molar refractivity (Wildman–Crippen MR) is 126 cm³/mol. The number of aromatic nitrogens is 1. The summed E-state index contributed by atoms with van der Waals surface area (Å²) >= 11 is 0. The molecule has 1 fully saturated rings. The number of benzene rings is 1. The SMILES string of the molecule is CC1(C)CC(=O)c2c3c(n(-c4cc(F)c(C(N)=O)c(NN5CCS(=O)CC5)c4)c2C1)CCC3. The summed E-state index contributed by atoms with van der Waals surface area (Å²) in [5, 5.41) is 1.84. The topological polar surface area (TPSA) is 97.4 Å². The average Bonchev–Trinajstić information content (AvgIpc) is 3.28. The molecule has 0 atom stereocenters. The van der Waals surface area contributed by atoms with Gasteiger partial charge in [0.15, 0.2) is 5.78 Å². The summed E-state index contributed by atoms with van der Waals surface area (Å²) in [5.74, 6) is -0.364. The van der Waals surface area contributed by atoms with Gasteiger partial charge >= 0.3 is 0 Å². The molecule has 33 heavy (non-hydrogen) atoms. The fourth-order valence-electron chi connectivity index (χ4n) is 5.52. The van der Waals surface area contributed by atoms with Gasteiger partial charge in [0, 0.05) is 58.8 Å². The fraction of sp³-hybridized carbons (Fsp3) is 0.500. The summed E-state index contributed by atoms with van der Waals surface area (Å²) in [5.41, 5.74) is 13.1. The second-order valence-corrected chi connectivity index (χ2v) is 11.7. The molecule has 0 unspecified atom stereocenters. The molecule has 1 saturated heterocycles. The van der Waals surface area contributed by atoms with Crippen LogP contribution in [-0.2, 0) is 30.1 Å². The lowest BCUT2D eigenvalue weighted by Gasteiger charge is -2.31. The summed E-state index contributed by atoms with van der Waals surface area (Å²) in [6.07, 6.45) is 3.88. The van der Waals surface area contributed by atoms with Crippen molar-refractivity contribution in [1.82, 2.24) is 9.58 Å². The Morgan fingerprint density at radius 1 is 1.15 bits per heavy atom. The summed E-state index contributed by atoms with van der Waals surface area (Å²) in [6.45, 7) is 5.21. The van der Waals surface area contributed by atoms with E-state index < -0.39 is 22.5 Å². The molecule has 9 heteroatoms. The van der Waals surface area contributed by atoms with E-state index in [2.05, 4.69) is 19.3 Å². The molecule has 0 saturated carbocycles. The van der Waals surface area contributed by atoms with Crippen LogP contribution in [0.15, 0.2) is 12.1 Å². The van der Waals surface area contributed by atoms with Gasteiger partial charge in [-0.15, -0.1) is 0 Å². The number of hydrogen-bond acceptors (Lipinski definition) is 5. The molecule has 176 valence electrons. The molecule has 7 nitrogen and oxygen atoms in total. The molecule has 5 rings (SSSR count). The first-order chi connectivity index (χ1) is 15.6. The van der Waals surface area contributed by atoms with Crippen LogP contribution >= 0.6 is 0 Å². The van der Waals surface area contributed by atoms with E-state index >= 15 is 4.39 Å². The number of Topliss-reactive ketones (excluding diaryl/α,β-unsaturated/α-hetero) is 1. The third kappa shape index (κ3) is 3.91. The van der Waals surface area contributed by atoms with Crippen molar-refractivity contribution in [2.45, 2.75) is 46.0 Å². The minimum Gasteiger partial charge on any atom is -0.365 e. The van der Waals surface area contributed by atoms with Gasteiger partial charge in [-0.05, 0) is 48.8 Å². The number of hydrazine groups is 1. The van der Waals surface area contributed by atoms with Crippen molar-refractivity contribution < 1.29 is 18.2 Å². The van der Waals surface area contributed by atoms with Crippen LogP contribution in [0.25, 0.3) is 5.69 Å². The van der Waals surface area contributed by atoms with Gasteiger partial charge in [0.25, 0.3) is 5.91 Å². The van der Waals surface area contributed by atoms with Crippen LogP contribution in [0, 0.1) is 11.2 Å². The van der Waals surface area contributed by atoms with Gasteiger partial charge in [-0.2, -0.15) is 0 Å². The lowest BCUT2D eigenvalue weighted by Crippen LogP contribution is -2.42. The van der Waals surface area contributed by atoms with Gasteiger partial charge in [-0.25, -0.2) is 9.40 Å². The Hall–Kier alpha value is -2.52. The van der Waals surface area contributed by atoms with Crippen LogP contribution in [0.4, 0.5) is 10.1 Å². The van der Waals surface area contributed by atoms with E-state index in [0.717, 1.165) is 48.2 Å². The fourth-order valence-corrected chi connectivity index (χ4v) is 6.57. The number of carbonyl (C=O) groups is 2. The first-order valence-electron chi connectivity index (χ1n) is 11.4. The second-order valence-electron chi connectivity index (χ2n) is 10.0. The predicted octanol–water partition coefficient (Wildman–Crippen LogP) is 2.75. The molecule has 0 radical (unpaired) electrons. The molecule has 3 aliphatic rings. The van der Waals surface area contributed by atoms with E-state index in [1.807, 2.05) is 9.58 Å². The Morgan fingerprint density at radius 3 is 2.58 bits per heavy atom. The minimum absolute atomic E-state index is 0.159. The van der Waals surface area contributed by atoms with Crippen LogP contribution in [0.2, 0.25) is 0 Å². The van der Waals surface area contributed by atoms with Crippen molar-refractivity contribution in [2.24, 2.45) is 11.1 Å². The Labute approximate surface area is 194 Å². The van der Waals surface area contributed by atoms with Crippen molar-refractivity contribution in [3.05, 3.63) is 46.0 Å². The normalized spacial score (nSPS) is 20.5. The number of ketones is 1. The zero-order chi connectivity index (χ0) is 23.5. The molecule has 1 aromatic heterocycles. The van der Waals surface area contributed by atoms with E-state index in [1.54, 1.807) is 6.07 Å². The second kappa shape index (κ2) is 8.06. The Morgan fingerprint density at radius 2 is 1.88 bits per heavy atom. The number of nitrogens with two attached hydrogens (primary N) is 1. The molecule has 0 spiro atoms. The van der Waals surface area contributed by atoms with E-state index in [0.29, 0.717) is 42.4 Å². The van der Waals surface area contributed by atoms with Crippen molar-refractivity contribution in [3.63, 3.8) is 0 Å². The number of nitrogens with zero attached hydrogens (tertiary/aromatic N) is 2. The molecule has 2 aromatic rings. The maximum absolute atomic E-state index is 15.3. The number of primary amides is 1. The molecule has 0 bridgehead atoms. The molecule has 2 aliphatic carbocycles. The van der Waals surface area contributed by atoms with Gasteiger partial charge in [-0.3, -0.25) is 13.8 Å². The highest BCUT2D eigenvalue weighted by molar-refractivity contribution is 7.85. The van der Waals surface area contributed by atoms with Gasteiger partial charge in [0.1, 0.15) is 5.82 Å². The number of hydrogen-bond donors (Lipinski definition) is 2. The van der Waals surface area contributed by atoms with E-state index in [1.165, 1.54) is 6.07 Å². The third-order valence-electron chi connectivity index (χ3n) is 6.92. The summed E-state index contributed by atoms with van der Waals surface area (Å²) in [7, 11) is -0.862. The average molecular weight is 473 g/mol. The molecule has 1 aromatic carbocycles. The standard InChI is InChI=1S/C24H29FN4O3S/c1-24(2)12-19-21(20(30)13-24)15-4-3-5-18(15)29(19)14-10-16(25)22(23(26)31)17(11-14)27-28-6-8-33(32)9-7-28/h10-11,27H,3-9,12-13H2,1-2H3,(H2,26,31). The number of anilines is 1. The lowest BCUT2D eigenvalue weighted by atomic mass is 9.75. The van der Waals surface area contributed by atoms with Crippen molar-refractivity contribution in [1.29, 1.82) is 0 Å². The molecular weight excluding hydrogens is 443 g/mol. The van der Waals surface area contributed by atoms with Crippen molar-refractivity contribution in [3.8, 4) is 5.69 Å². The lowest BCUT2D eigenvalue weighted by molar-refractivity contribution is 0.0909. The zero-order valence-corrected chi connectivity index (χ0v) is 19.8. The number of carbonyl (C=O) groups excluding carboxylic acids is 2. The monoisotopic (exact) mass is 472 g/mol. The zero-order valence-electron chi connectivity index (χ0n) is 19.0. The molecule has 3 N–H and O–H groups in total. The number of halogens is 1. The van der Waals surface area contributed by atoms with E-state index in [9.17, 15) is 13.8 Å². The highest BCUT2D eigenvalue weighted by atomic mass is 32.2. The van der Waals surface area contributed by atoms with E-state index in [4.69, 9.17) is 5.73 Å². The smallest absolute Gasteiger partial charge is 0.253 e. The summed E-state index contributed by atoms with van der Waals surface area (Å²) < 4.78 is 29.1. The van der Waals surface area contributed by atoms with E-state index in [-0.39, 0.29) is 16.8 Å². The Balaban J connectivity index is 1.64. The van der Waals surface area contributed by atoms with Gasteiger partial charge < -0.3 is 15.7 Å². The van der Waals surface area contributed by atoms with Crippen LogP contribution in [0.3, 0.4) is 0 Å². The molecule has 1 aliphatic heterocycles. The minimum atomic E-state index is -0.862. The Kier molecular flexibility index (Phi) is 5.44. The quantitative estimate of drug-likeness (QED) is 0.713. The maximum atomic E-state index is 15.3. The number of nitrogens with one attached hydrogen (secondary N) is 1. The maximum Gasteiger partial charge on any atom is 0.253 e. The summed E-state index contributed by atoms with van der Waals surface area (Å²) in [4.78, 5) is 25.2. The summed E-state index contributed by atoms with van der Waals surface area (Å²) in [6, 6.07) is 3.10. The van der Waals surface area contributed by atoms with Crippen molar-refractivity contribution in [2.75, 3.05) is 30.0 Å². The highest BCUT2D eigenvalue weighted by Gasteiger charge is 2.39. The number of amides is 1. The molecular formula is C24H29FN4O3S. The van der Waals surface area contributed by atoms with Crippen LogP contribution in [-0.4, -0.2) is 50.1 Å². The Bertz CT molecular complexity index is 1190. The largest absolute Gasteiger partial charge is 0.365 e. The van der Waals surface area contributed by atoms with Crippen LogP contribution in [0.5, 0.6) is 0 Å². The number of rotatable bonds is 4. The van der Waals surface area contributed by atoms with Gasteiger partial charge in [0.05, 0.1) is 16.9 Å². The van der Waals surface area contributed by atoms with Crippen LogP contribution < -0.4 is 11.2 Å². The molecule has 1 amide bonds. The van der Waals surface area contributed by atoms with Crippen molar-refractivity contribution >= 4 is 28.2 Å². The first-order valence-corrected chi connectivity index (χ1v) is 12.9. The van der Waals surface area contributed by atoms with Crippen LogP contribution in [0.1, 0.15) is 64.4 Å². The molecule has 2 heterocycles. The first kappa shape index (κ1) is 22.3. The third-order valence-corrected chi connectivity index (χ3v) is 8.19. The highest BCUT2D eigenvalue weighted by Crippen LogP contribution is 2.43. The van der Waals surface area contributed by atoms with Gasteiger partial charge in [0.2, 0.25) is 0 Å². The van der Waals surface area contributed by atoms with Gasteiger partial charge in [-0.1, -0.05) is 13.8 Å².